The molecule has 0 saturated carbocycles. The van der Waals surface area contributed by atoms with E-state index in [1.54, 1.807) is 37.6 Å². The third-order valence-corrected chi connectivity index (χ3v) is 5.76. The summed E-state index contributed by atoms with van der Waals surface area (Å²) in [7, 11) is 1.55. The molecule has 0 radical (unpaired) electrons. The maximum atomic E-state index is 13.2. The number of fused-ring (bicyclic) bond motifs is 1. The summed E-state index contributed by atoms with van der Waals surface area (Å²) in [5.74, 6) is 0.792. The van der Waals surface area contributed by atoms with E-state index in [-0.39, 0.29) is 31.3 Å². The minimum Gasteiger partial charge on any atom is -0.495 e. The Hall–Kier alpha value is -3.54. The van der Waals surface area contributed by atoms with E-state index in [1.165, 1.54) is 28.9 Å². The molecule has 1 heterocycles. The van der Waals surface area contributed by atoms with Crippen LogP contribution < -0.4 is 10.1 Å². The van der Waals surface area contributed by atoms with Crippen LogP contribution in [0.15, 0.2) is 65.3 Å². The Morgan fingerprint density at radius 2 is 1.84 bits per heavy atom. The minimum absolute atomic E-state index is 0.0808. The molecule has 0 aliphatic heterocycles. The van der Waals surface area contributed by atoms with Gasteiger partial charge in [0.1, 0.15) is 18.1 Å². The van der Waals surface area contributed by atoms with Crippen molar-refractivity contribution < 1.29 is 18.7 Å². The van der Waals surface area contributed by atoms with Crippen LogP contribution in [0.4, 0.5) is 5.69 Å². The number of furan rings is 1. The van der Waals surface area contributed by atoms with E-state index >= 15 is 0 Å². The summed E-state index contributed by atoms with van der Waals surface area (Å²) in [6, 6.07) is 17.1. The predicted molar refractivity (Wildman–Crippen MR) is 123 cm³/mol. The van der Waals surface area contributed by atoms with E-state index in [9.17, 15) is 9.59 Å². The number of hydrogen-bond donors (Lipinski definition) is 1. The molecule has 6 nitrogen and oxygen atoms in total. The van der Waals surface area contributed by atoms with Crippen molar-refractivity contribution in [3.05, 3.63) is 83.3 Å². The Balaban J connectivity index is 1.47. The molecule has 6 heteroatoms. The third-order valence-electron chi connectivity index (χ3n) is 5.76. The highest BCUT2D eigenvalue weighted by Crippen LogP contribution is 2.24. The molecule has 2 amide bonds. The number of nitrogens with one attached hydrogen (secondary N) is 1. The lowest BCUT2D eigenvalue weighted by molar-refractivity contribution is -0.134. The van der Waals surface area contributed by atoms with Gasteiger partial charge in [-0.1, -0.05) is 30.3 Å². The summed E-state index contributed by atoms with van der Waals surface area (Å²) in [5.41, 5.74) is 4.27. The zero-order valence-corrected chi connectivity index (χ0v) is 18.3. The number of hydrogen-bond acceptors (Lipinski definition) is 4. The predicted octanol–water partition coefficient (Wildman–Crippen LogP) is 4.38. The van der Waals surface area contributed by atoms with Crippen LogP contribution in [0, 0.1) is 0 Å². The van der Waals surface area contributed by atoms with Crippen molar-refractivity contribution in [3.63, 3.8) is 0 Å². The van der Waals surface area contributed by atoms with Crippen LogP contribution in [0.2, 0.25) is 0 Å². The Bertz CT molecular complexity index is 1080. The van der Waals surface area contributed by atoms with Crippen LogP contribution >= 0.6 is 0 Å². The number of ether oxygens (including phenoxy) is 1. The van der Waals surface area contributed by atoms with Gasteiger partial charge in [-0.3, -0.25) is 9.59 Å². The van der Waals surface area contributed by atoms with E-state index in [1.807, 2.05) is 18.2 Å². The van der Waals surface area contributed by atoms with Crippen LogP contribution in [-0.4, -0.2) is 30.4 Å². The second kappa shape index (κ2) is 10.2. The Morgan fingerprint density at radius 3 is 2.62 bits per heavy atom. The highest BCUT2D eigenvalue weighted by molar-refractivity contribution is 5.95. The molecule has 1 aliphatic carbocycles. The molecule has 2 aromatic carbocycles. The fourth-order valence-corrected chi connectivity index (χ4v) is 4.12. The van der Waals surface area contributed by atoms with Gasteiger partial charge in [0.25, 0.3) is 0 Å². The average Bonchev–Trinajstić information content (AvgIpc) is 3.32. The number of anilines is 1. The number of methoxy groups -OCH3 is 1. The van der Waals surface area contributed by atoms with Crippen molar-refractivity contribution in [3.8, 4) is 5.75 Å². The molecule has 0 saturated heterocycles. The number of carbonyl (C=O) groups excluding carboxylic acids is 2. The fraction of sp³-hybridized carbons (Fsp3) is 0.308. The van der Waals surface area contributed by atoms with E-state index in [4.69, 9.17) is 9.15 Å². The fourth-order valence-electron chi connectivity index (χ4n) is 4.12. The smallest absolute Gasteiger partial charge is 0.244 e. The summed E-state index contributed by atoms with van der Waals surface area (Å²) in [5, 5.41) is 2.84. The van der Waals surface area contributed by atoms with E-state index < -0.39 is 0 Å². The number of benzene rings is 2. The monoisotopic (exact) mass is 432 g/mol. The normalized spacial score (nSPS) is 12.7. The van der Waals surface area contributed by atoms with Crippen LogP contribution in [0.5, 0.6) is 5.75 Å². The Labute approximate surface area is 188 Å². The molecule has 4 rings (SSSR count). The van der Waals surface area contributed by atoms with Gasteiger partial charge in [-0.2, -0.15) is 0 Å². The van der Waals surface area contributed by atoms with Gasteiger partial charge in [-0.15, -0.1) is 0 Å². The number of rotatable bonds is 8. The number of carbonyl (C=O) groups is 2. The standard InChI is InChI=1S/C26H28N2O4/c1-31-24-11-5-4-10-23(24)27-25(29)18-28(17-22-9-6-14-32-22)26(30)16-19-12-13-20-7-2-3-8-21(20)15-19/h4-6,9-15H,2-3,7-8,16-18H2,1H3,(H,27,29). The van der Waals surface area contributed by atoms with Gasteiger partial charge < -0.3 is 19.4 Å². The molecule has 1 N–H and O–H groups in total. The maximum absolute atomic E-state index is 13.2. The van der Waals surface area contributed by atoms with Gasteiger partial charge in [-0.25, -0.2) is 0 Å². The zero-order valence-electron chi connectivity index (χ0n) is 18.3. The first kappa shape index (κ1) is 21.7. The average molecular weight is 433 g/mol. The highest BCUT2D eigenvalue weighted by atomic mass is 16.5. The first-order chi connectivity index (χ1) is 15.6. The van der Waals surface area contributed by atoms with Crippen LogP contribution in [0.1, 0.15) is 35.3 Å². The molecule has 0 bridgehead atoms. The molecule has 166 valence electrons. The molecule has 1 aliphatic rings. The molecule has 3 aromatic rings. The molecule has 0 spiro atoms. The quantitative estimate of drug-likeness (QED) is 0.574. The van der Waals surface area contributed by atoms with Gasteiger partial charge in [-0.05, 0) is 66.6 Å². The van der Waals surface area contributed by atoms with Gasteiger partial charge in [0.2, 0.25) is 11.8 Å². The summed E-state index contributed by atoms with van der Waals surface area (Å²) < 4.78 is 10.7. The van der Waals surface area contributed by atoms with Gasteiger partial charge in [0.15, 0.2) is 0 Å². The van der Waals surface area contributed by atoms with Crippen molar-refractivity contribution in [2.75, 3.05) is 19.0 Å². The van der Waals surface area contributed by atoms with Gasteiger partial charge >= 0.3 is 0 Å². The SMILES string of the molecule is COc1ccccc1NC(=O)CN(Cc1ccco1)C(=O)Cc1ccc2c(c1)CCCC2. The van der Waals surface area contributed by atoms with Crippen molar-refractivity contribution >= 4 is 17.5 Å². The van der Waals surface area contributed by atoms with E-state index in [0.717, 1.165) is 18.4 Å². The first-order valence-corrected chi connectivity index (χ1v) is 11.0. The summed E-state index contributed by atoms with van der Waals surface area (Å²) in [6.45, 7) is 0.151. The minimum atomic E-state index is -0.292. The second-order valence-corrected chi connectivity index (χ2v) is 8.06. The van der Waals surface area contributed by atoms with E-state index in [0.29, 0.717) is 17.2 Å². The van der Waals surface area contributed by atoms with Crippen molar-refractivity contribution in [1.82, 2.24) is 4.90 Å². The summed E-state index contributed by atoms with van der Waals surface area (Å²) in [4.78, 5) is 27.5. The molecular formula is C26H28N2O4. The molecule has 0 unspecified atom stereocenters. The molecule has 0 atom stereocenters. The zero-order chi connectivity index (χ0) is 22.3. The maximum Gasteiger partial charge on any atom is 0.244 e. The molecule has 32 heavy (non-hydrogen) atoms. The van der Waals surface area contributed by atoms with Crippen molar-refractivity contribution in [2.24, 2.45) is 0 Å². The lowest BCUT2D eigenvalue weighted by Crippen LogP contribution is -2.38. The largest absolute Gasteiger partial charge is 0.495 e. The highest BCUT2D eigenvalue weighted by Gasteiger charge is 2.21. The molecule has 1 aromatic heterocycles. The third kappa shape index (κ3) is 5.38. The number of aryl methyl sites for hydroxylation is 2. The molecular weight excluding hydrogens is 404 g/mol. The van der Waals surface area contributed by atoms with Gasteiger partial charge in [0.05, 0.1) is 32.0 Å². The summed E-state index contributed by atoms with van der Waals surface area (Å²) >= 11 is 0. The van der Waals surface area contributed by atoms with Crippen molar-refractivity contribution in [1.29, 1.82) is 0 Å². The Morgan fingerprint density at radius 1 is 1.03 bits per heavy atom. The van der Waals surface area contributed by atoms with Crippen LogP contribution in [0.25, 0.3) is 0 Å². The van der Waals surface area contributed by atoms with Gasteiger partial charge in [0, 0.05) is 0 Å². The number of nitrogens with zero attached hydrogens (tertiary/aromatic N) is 1. The molecule has 0 fully saturated rings. The summed E-state index contributed by atoms with van der Waals surface area (Å²) in [6.07, 6.45) is 6.40. The van der Waals surface area contributed by atoms with Crippen LogP contribution in [-0.2, 0) is 35.4 Å². The second-order valence-electron chi connectivity index (χ2n) is 8.06. The number of amides is 2. The topological polar surface area (TPSA) is 71.8 Å². The number of para-hydroxylation sites is 2. The van der Waals surface area contributed by atoms with E-state index in [2.05, 4.69) is 17.4 Å². The first-order valence-electron chi connectivity index (χ1n) is 11.0. The lowest BCUT2D eigenvalue weighted by atomic mass is 9.90. The van der Waals surface area contributed by atoms with Crippen molar-refractivity contribution in [2.45, 2.75) is 38.6 Å². The lowest BCUT2D eigenvalue weighted by Gasteiger charge is -2.22. The Kier molecular flexibility index (Phi) is 6.90. The van der Waals surface area contributed by atoms with Crippen LogP contribution in [0.3, 0.4) is 0 Å².